The number of amides is 3. The topological polar surface area (TPSA) is 172 Å². The van der Waals surface area contributed by atoms with Crippen molar-refractivity contribution in [1.29, 1.82) is 0 Å². The molecule has 7 N–H and O–H groups in total. The number of hydrogen-bond donors (Lipinski definition) is 7. The number of fused-ring (bicyclic) bond motifs is 1. The molecule has 1 aliphatic heterocycles. The molecule has 32 heavy (non-hydrogen) atoms. The molecule has 0 saturated carbocycles. The fourth-order valence-electron chi connectivity index (χ4n) is 3.17. The van der Waals surface area contributed by atoms with E-state index in [-0.39, 0.29) is 17.8 Å². The van der Waals surface area contributed by atoms with Crippen molar-refractivity contribution in [3.8, 4) is 0 Å². The highest BCUT2D eigenvalue weighted by Gasteiger charge is 2.39. The van der Waals surface area contributed by atoms with Gasteiger partial charge in [0.05, 0.1) is 17.7 Å². The Balaban J connectivity index is 2.48. The molecule has 0 fully saturated rings. The summed E-state index contributed by atoms with van der Waals surface area (Å²) in [6, 6.07) is 5.37. The Kier molecular flexibility index (Phi) is 9.01. The summed E-state index contributed by atoms with van der Waals surface area (Å²) in [6.45, 7) is 2.71. The fourth-order valence-corrected chi connectivity index (χ4v) is 3.40. The Morgan fingerprint density at radius 2 is 1.91 bits per heavy atom. The molecule has 0 bridgehead atoms. The molecular formula is C20H29N5O6S. The number of carbonyl (C=O) groups excluding carboxylic acids is 3. The minimum Gasteiger partial charge on any atom is -0.481 e. The van der Waals surface area contributed by atoms with Gasteiger partial charge in [0, 0.05) is 13.0 Å². The van der Waals surface area contributed by atoms with E-state index in [1.807, 2.05) is 0 Å². The van der Waals surface area contributed by atoms with Crippen molar-refractivity contribution in [1.82, 2.24) is 16.0 Å². The van der Waals surface area contributed by atoms with Gasteiger partial charge in [-0.15, -0.1) is 0 Å². The molecule has 0 aliphatic carbocycles. The molecule has 176 valence electrons. The normalized spacial score (nSPS) is 27.4. The summed E-state index contributed by atoms with van der Waals surface area (Å²) in [4.78, 5) is 50.0. The molecule has 11 nitrogen and oxygen atoms in total. The van der Waals surface area contributed by atoms with Crippen molar-refractivity contribution in [2.45, 2.75) is 50.7 Å². The van der Waals surface area contributed by atoms with Crippen LogP contribution >= 0.6 is 12.6 Å². The average Bonchev–Trinajstić information content (AvgIpc) is 2.72. The Bertz CT molecular complexity index is 869. The monoisotopic (exact) mass is 467 g/mol. The lowest BCUT2D eigenvalue weighted by molar-refractivity contribution is -0.145. The molecule has 1 heterocycles. The van der Waals surface area contributed by atoms with Gasteiger partial charge in [-0.2, -0.15) is 12.6 Å². The summed E-state index contributed by atoms with van der Waals surface area (Å²) in [7, 11) is 0. The van der Waals surface area contributed by atoms with Crippen molar-refractivity contribution < 1.29 is 29.0 Å². The average molecular weight is 468 g/mol. The van der Waals surface area contributed by atoms with Crippen LogP contribution in [0, 0.1) is 0 Å². The molecule has 12 heteroatoms. The predicted octanol–water partition coefficient (Wildman–Crippen LogP) is -0.356. The van der Waals surface area contributed by atoms with Crippen molar-refractivity contribution in [2.24, 2.45) is 5.73 Å². The zero-order valence-corrected chi connectivity index (χ0v) is 18.8. The molecule has 1 aromatic rings. The lowest BCUT2D eigenvalue weighted by Gasteiger charge is -2.35. The van der Waals surface area contributed by atoms with E-state index in [1.165, 1.54) is 13.8 Å². The van der Waals surface area contributed by atoms with Gasteiger partial charge in [0.2, 0.25) is 11.8 Å². The zero-order valence-electron chi connectivity index (χ0n) is 17.9. The van der Waals surface area contributed by atoms with Crippen LogP contribution in [0.25, 0.3) is 0 Å². The highest BCUT2D eigenvalue weighted by Crippen LogP contribution is 2.18. The van der Waals surface area contributed by atoms with E-state index >= 15 is 0 Å². The van der Waals surface area contributed by atoms with Crippen LogP contribution in [0.4, 0.5) is 5.69 Å². The third kappa shape index (κ3) is 6.66. The molecule has 1 aliphatic rings. The maximum atomic E-state index is 13.0. The van der Waals surface area contributed by atoms with Crippen LogP contribution in [-0.4, -0.2) is 65.1 Å². The zero-order chi connectivity index (χ0) is 23.9. The van der Waals surface area contributed by atoms with Gasteiger partial charge in [0.15, 0.2) is 0 Å². The summed E-state index contributed by atoms with van der Waals surface area (Å²) in [6.07, 6.45) is -2.11. The number of nitrogens with one attached hydrogen (secondary N) is 4. The molecule has 0 spiro atoms. The number of hydrogen-bond acceptors (Lipinski definition) is 8. The number of benzene rings is 1. The fraction of sp³-hybridized carbons (Fsp3) is 0.500. The summed E-state index contributed by atoms with van der Waals surface area (Å²) in [5.41, 5.74) is 4.60. The molecule has 1 aromatic carbocycles. The van der Waals surface area contributed by atoms with E-state index in [0.29, 0.717) is 12.2 Å². The molecule has 3 amide bonds. The molecule has 0 aromatic heterocycles. The minimum atomic E-state index is -1.65. The number of anilines is 1. The quantitative estimate of drug-likeness (QED) is 0.288. The molecule has 0 saturated heterocycles. The van der Waals surface area contributed by atoms with Crippen LogP contribution in [0.5, 0.6) is 0 Å². The Morgan fingerprint density at radius 3 is 2.53 bits per heavy atom. The Hall–Kier alpha value is -2.67. The number of nitrogens with two attached hydrogens (primary N) is 1. The number of rotatable bonds is 5. The first-order chi connectivity index (χ1) is 15.1. The number of para-hydroxylation sites is 1. The van der Waals surface area contributed by atoms with Gasteiger partial charge in [0.25, 0.3) is 5.91 Å². The number of aliphatic carboxylic acids is 1. The summed E-state index contributed by atoms with van der Waals surface area (Å²) >= 11 is 4.19. The first-order valence-electron chi connectivity index (χ1n) is 10.1. The van der Waals surface area contributed by atoms with E-state index in [2.05, 4.69) is 33.9 Å². The van der Waals surface area contributed by atoms with Crippen molar-refractivity contribution in [2.75, 3.05) is 17.6 Å². The van der Waals surface area contributed by atoms with Crippen molar-refractivity contribution in [3.63, 3.8) is 0 Å². The number of carbonyl (C=O) groups is 4. The smallest absolute Gasteiger partial charge is 0.305 e. The largest absolute Gasteiger partial charge is 0.481 e. The predicted molar refractivity (Wildman–Crippen MR) is 120 cm³/mol. The number of thiol groups is 1. The van der Waals surface area contributed by atoms with Crippen LogP contribution < -0.4 is 27.0 Å². The van der Waals surface area contributed by atoms with Crippen LogP contribution in [0.1, 0.15) is 37.0 Å². The first-order valence-corrected chi connectivity index (χ1v) is 10.7. The van der Waals surface area contributed by atoms with Gasteiger partial charge in [0.1, 0.15) is 24.0 Å². The third-order valence-corrected chi connectivity index (χ3v) is 5.14. The number of carboxylic acid groups (broad SMARTS) is 1. The van der Waals surface area contributed by atoms with Crippen molar-refractivity contribution >= 4 is 42.0 Å². The van der Waals surface area contributed by atoms with Crippen LogP contribution in [0.3, 0.4) is 0 Å². The van der Waals surface area contributed by atoms with Crippen LogP contribution in [0.15, 0.2) is 24.3 Å². The van der Waals surface area contributed by atoms with Crippen molar-refractivity contribution in [3.05, 3.63) is 29.8 Å². The third-order valence-electron chi connectivity index (χ3n) is 4.88. The Labute approximate surface area is 191 Å². The molecule has 0 unspecified atom stereocenters. The second-order valence-electron chi connectivity index (χ2n) is 7.61. The first kappa shape index (κ1) is 25.6. The maximum Gasteiger partial charge on any atom is 0.305 e. The van der Waals surface area contributed by atoms with Gasteiger partial charge in [-0.25, -0.2) is 0 Å². The lowest BCUT2D eigenvalue weighted by Crippen LogP contribution is -2.63. The molecular weight excluding hydrogens is 438 g/mol. The van der Waals surface area contributed by atoms with Crippen LogP contribution in [0.2, 0.25) is 0 Å². The van der Waals surface area contributed by atoms with Gasteiger partial charge >= 0.3 is 5.97 Å². The van der Waals surface area contributed by atoms with E-state index in [4.69, 9.17) is 10.5 Å². The van der Waals surface area contributed by atoms with Gasteiger partial charge in [-0.3, -0.25) is 24.5 Å². The number of ether oxygens (including phenoxy) is 1. The highest BCUT2D eigenvalue weighted by molar-refractivity contribution is 7.80. The molecule has 4 atom stereocenters. The number of carboxylic acids is 1. The van der Waals surface area contributed by atoms with E-state index in [9.17, 15) is 24.3 Å². The second-order valence-corrected chi connectivity index (χ2v) is 8.06. The summed E-state index contributed by atoms with van der Waals surface area (Å²) in [5, 5.41) is 20.0. The second kappa shape index (κ2) is 11.3. The van der Waals surface area contributed by atoms with E-state index < -0.39 is 54.1 Å². The SMILES string of the molecule is C[C@H]1NC(=O)[C@](C)(CC(=O)O)N[C@@H](CN)O[C@@H](CCS)NC(=O)c2ccccc2NC1=O. The lowest BCUT2D eigenvalue weighted by atomic mass is 9.95. The van der Waals surface area contributed by atoms with Gasteiger partial charge in [-0.1, -0.05) is 12.1 Å². The minimum absolute atomic E-state index is 0.117. The maximum absolute atomic E-state index is 13.0. The molecule has 0 radical (unpaired) electrons. The standard InChI is InChI=1S/C20H29N5O6S/c1-11-17(28)23-13-6-4-3-5-12(13)18(29)24-14(7-8-32)31-15(10-21)25-20(2,9-16(26)27)19(30)22-11/h3-6,11,14-15,25,32H,7-10,21H2,1-2H3,(H,22,30)(H,23,28)(H,24,29)(H,26,27)/t11-,14+,15-,20+/m1/s1. The van der Waals surface area contributed by atoms with E-state index in [1.54, 1.807) is 24.3 Å². The molecule has 2 rings (SSSR count). The summed E-state index contributed by atoms with van der Waals surface area (Å²) in [5.74, 6) is -2.66. The summed E-state index contributed by atoms with van der Waals surface area (Å²) < 4.78 is 5.87. The highest BCUT2D eigenvalue weighted by atomic mass is 32.1. The van der Waals surface area contributed by atoms with Crippen LogP contribution in [-0.2, 0) is 19.1 Å². The van der Waals surface area contributed by atoms with Gasteiger partial charge < -0.3 is 31.5 Å². The van der Waals surface area contributed by atoms with Gasteiger partial charge in [-0.05, 0) is 31.7 Å². The Morgan fingerprint density at radius 1 is 1.22 bits per heavy atom. The van der Waals surface area contributed by atoms with E-state index in [0.717, 1.165) is 0 Å².